The molecule has 2 aromatic rings. The van der Waals surface area contributed by atoms with Crippen LogP contribution >= 0.6 is 0 Å². The zero-order valence-electron chi connectivity index (χ0n) is 21.1. The van der Waals surface area contributed by atoms with E-state index in [1.807, 2.05) is 44.2 Å². The number of amides is 2. The van der Waals surface area contributed by atoms with E-state index in [-0.39, 0.29) is 29.9 Å². The molecule has 36 heavy (non-hydrogen) atoms. The minimum Gasteiger partial charge on any atom is -0.352 e. The molecule has 0 saturated carbocycles. The van der Waals surface area contributed by atoms with Gasteiger partial charge in [0.15, 0.2) is 0 Å². The normalized spacial score (nSPS) is 12.9. The molecular weight excluding hydrogens is 484 g/mol. The molecule has 1 N–H and O–H groups in total. The van der Waals surface area contributed by atoms with Crippen LogP contribution in [0.3, 0.4) is 0 Å². The van der Waals surface area contributed by atoms with Crippen molar-refractivity contribution in [2.24, 2.45) is 0 Å². The van der Waals surface area contributed by atoms with E-state index in [0.29, 0.717) is 12.8 Å². The van der Waals surface area contributed by atoms with Crippen LogP contribution in [0, 0.1) is 10.1 Å². The maximum absolute atomic E-state index is 13.6. The summed E-state index contributed by atoms with van der Waals surface area (Å²) in [6.07, 6.45) is 2.45. The second kappa shape index (κ2) is 13.0. The number of nitrogens with zero attached hydrogens (tertiary/aromatic N) is 3. The van der Waals surface area contributed by atoms with Crippen LogP contribution in [0.4, 0.5) is 11.4 Å². The van der Waals surface area contributed by atoms with E-state index in [2.05, 4.69) is 5.32 Å². The van der Waals surface area contributed by atoms with Crippen LogP contribution in [-0.4, -0.2) is 61.5 Å². The molecule has 0 aromatic heterocycles. The molecular formula is C25H34N4O6S. The Morgan fingerprint density at radius 3 is 2.28 bits per heavy atom. The highest BCUT2D eigenvalue weighted by molar-refractivity contribution is 7.92. The first-order valence-electron chi connectivity index (χ1n) is 11.8. The molecule has 196 valence electrons. The molecule has 0 spiro atoms. The van der Waals surface area contributed by atoms with E-state index in [0.717, 1.165) is 28.6 Å². The van der Waals surface area contributed by atoms with Gasteiger partial charge >= 0.3 is 0 Å². The Labute approximate surface area is 212 Å². The SMILES string of the molecule is CC[C@H](C(=O)N[C@@H](C)CC)N(CCc1ccccc1)C(=O)CN(c1cccc([N+](=O)[O-])c1)S(C)(=O)=O. The molecule has 0 aliphatic carbocycles. The van der Waals surface area contributed by atoms with Crippen molar-refractivity contribution in [3.05, 3.63) is 70.3 Å². The summed E-state index contributed by atoms with van der Waals surface area (Å²) in [7, 11) is -3.97. The number of rotatable bonds is 13. The first-order valence-corrected chi connectivity index (χ1v) is 13.7. The van der Waals surface area contributed by atoms with E-state index in [1.54, 1.807) is 6.92 Å². The summed E-state index contributed by atoms with van der Waals surface area (Å²) in [6.45, 7) is 5.20. The van der Waals surface area contributed by atoms with E-state index in [9.17, 15) is 28.1 Å². The molecule has 2 aromatic carbocycles. The van der Waals surface area contributed by atoms with Gasteiger partial charge in [-0.2, -0.15) is 0 Å². The van der Waals surface area contributed by atoms with Gasteiger partial charge in [0.25, 0.3) is 5.69 Å². The number of carbonyl (C=O) groups is 2. The molecule has 0 fully saturated rings. The summed E-state index contributed by atoms with van der Waals surface area (Å²) in [4.78, 5) is 38.6. The van der Waals surface area contributed by atoms with Crippen LogP contribution in [0.5, 0.6) is 0 Å². The number of nitro groups is 1. The smallest absolute Gasteiger partial charge is 0.271 e. The Hall–Kier alpha value is -3.47. The van der Waals surface area contributed by atoms with Crippen molar-refractivity contribution in [1.29, 1.82) is 0 Å². The molecule has 0 aliphatic rings. The number of benzene rings is 2. The van der Waals surface area contributed by atoms with E-state index in [4.69, 9.17) is 0 Å². The summed E-state index contributed by atoms with van der Waals surface area (Å²) < 4.78 is 26.1. The van der Waals surface area contributed by atoms with Crippen LogP contribution < -0.4 is 9.62 Å². The third kappa shape index (κ3) is 8.04. The summed E-state index contributed by atoms with van der Waals surface area (Å²) in [5.74, 6) is -0.886. The minimum absolute atomic E-state index is 0.000152. The third-order valence-electron chi connectivity index (χ3n) is 5.88. The fourth-order valence-corrected chi connectivity index (χ4v) is 4.55. The van der Waals surface area contributed by atoms with E-state index >= 15 is 0 Å². The highest BCUT2D eigenvalue weighted by Gasteiger charge is 2.32. The van der Waals surface area contributed by atoms with E-state index < -0.39 is 33.4 Å². The maximum atomic E-state index is 13.6. The van der Waals surface area contributed by atoms with Crippen LogP contribution in [-0.2, 0) is 26.0 Å². The van der Waals surface area contributed by atoms with Gasteiger partial charge < -0.3 is 10.2 Å². The van der Waals surface area contributed by atoms with Gasteiger partial charge in [0, 0.05) is 24.7 Å². The van der Waals surface area contributed by atoms with Crippen molar-refractivity contribution < 1.29 is 22.9 Å². The fraction of sp³-hybridized carbons (Fsp3) is 0.440. The Bertz CT molecular complexity index is 1160. The van der Waals surface area contributed by atoms with Gasteiger partial charge in [0.2, 0.25) is 21.8 Å². The molecule has 0 radical (unpaired) electrons. The predicted octanol–water partition coefficient (Wildman–Crippen LogP) is 3.13. The largest absolute Gasteiger partial charge is 0.352 e. The van der Waals surface area contributed by atoms with Gasteiger partial charge in [0.05, 0.1) is 16.9 Å². The highest BCUT2D eigenvalue weighted by atomic mass is 32.2. The number of sulfonamides is 1. The van der Waals surface area contributed by atoms with Crippen molar-refractivity contribution in [3.8, 4) is 0 Å². The van der Waals surface area contributed by atoms with Gasteiger partial charge in [-0.25, -0.2) is 8.42 Å². The predicted molar refractivity (Wildman–Crippen MR) is 139 cm³/mol. The second-order valence-electron chi connectivity index (χ2n) is 8.61. The minimum atomic E-state index is -3.97. The Balaban J connectivity index is 2.40. The quantitative estimate of drug-likeness (QED) is 0.320. The van der Waals surface area contributed by atoms with Gasteiger partial charge in [0.1, 0.15) is 12.6 Å². The number of nitrogens with one attached hydrogen (secondary N) is 1. The summed E-state index contributed by atoms with van der Waals surface area (Å²) >= 11 is 0. The van der Waals surface area contributed by atoms with E-state index in [1.165, 1.54) is 23.1 Å². The molecule has 0 bridgehead atoms. The van der Waals surface area contributed by atoms with Crippen LogP contribution in [0.1, 0.15) is 39.2 Å². The number of anilines is 1. The Morgan fingerprint density at radius 2 is 1.72 bits per heavy atom. The first-order chi connectivity index (χ1) is 17.0. The standard InChI is InChI=1S/C25H34N4O6S/c1-5-19(3)26-25(31)23(6-2)27(16-15-20-11-8-7-9-12-20)24(30)18-28(36(4,34)35)21-13-10-14-22(17-21)29(32)33/h7-14,17,19,23H,5-6,15-16,18H2,1-4H3,(H,26,31)/t19-,23+/m0/s1. The van der Waals surface area contributed by atoms with Crippen molar-refractivity contribution in [3.63, 3.8) is 0 Å². The maximum Gasteiger partial charge on any atom is 0.271 e. The van der Waals surface area contributed by atoms with Crippen molar-refractivity contribution in [1.82, 2.24) is 10.2 Å². The van der Waals surface area contributed by atoms with Crippen LogP contribution in [0.15, 0.2) is 54.6 Å². The van der Waals surface area contributed by atoms with Gasteiger partial charge in [-0.05, 0) is 37.8 Å². The van der Waals surface area contributed by atoms with Gasteiger partial charge in [-0.1, -0.05) is 50.2 Å². The molecule has 10 nitrogen and oxygen atoms in total. The van der Waals surface area contributed by atoms with Crippen LogP contribution in [0.2, 0.25) is 0 Å². The lowest BCUT2D eigenvalue weighted by molar-refractivity contribution is -0.384. The molecule has 0 heterocycles. The molecule has 2 rings (SSSR count). The van der Waals surface area contributed by atoms with Gasteiger partial charge in [-0.15, -0.1) is 0 Å². The van der Waals surface area contributed by atoms with Crippen LogP contribution in [0.25, 0.3) is 0 Å². The van der Waals surface area contributed by atoms with Crippen molar-refractivity contribution in [2.75, 3.05) is 23.7 Å². The van der Waals surface area contributed by atoms with Crippen molar-refractivity contribution in [2.45, 2.75) is 52.1 Å². The topological polar surface area (TPSA) is 130 Å². The second-order valence-corrected chi connectivity index (χ2v) is 10.5. The average Bonchev–Trinajstić information content (AvgIpc) is 2.84. The molecule has 2 amide bonds. The first kappa shape index (κ1) is 28.8. The molecule has 2 atom stereocenters. The number of hydrogen-bond acceptors (Lipinski definition) is 6. The van der Waals surface area contributed by atoms with Crippen molar-refractivity contribution >= 4 is 33.2 Å². The molecule has 0 saturated heterocycles. The lowest BCUT2D eigenvalue weighted by atomic mass is 10.1. The fourth-order valence-electron chi connectivity index (χ4n) is 3.71. The number of hydrogen-bond donors (Lipinski definition) is 1. The summed E-state index contributed by atoms with van der Waals surface area (Å²) in [5.41, 5.74) is 0.667. The third-order valence-corrected chi connectivity index (χ3v) is 7.02. The van der Waals surface area contributed by atoms with Gasteiger partial charge in [-0.3, -0.25) is 24.0 Å². The number of non-ortho nitro benzene ring substituents is 1. The Morgan fingerprint density at radius 1 is 1.06 bits per heavy atom. The number of nitro benzene ring substituents is 1. The summed E-state index contributed by atoms with van der Waals surface area (Å²) in [6, 6.07) is 13.7. The number of carbonyl (C=O) groups excluding carboxylic acids is 2. The Kier molecular flexibility index (Phi) is 10.4. The zero-order chi connectivity index (χ0) is 26.9. The summed E-state index contributed by atoms with van der Waals surface area (Å²) in [5, 5.41) is 14.1. The lowest BCUT2D eigenvalue weighted by Gasteiger charge is -2.33. The monoisotopic (exact) mass is 518 g/mol. The molecule has 11 heteroatoms. The highest BCUT2D eigenvalue weighted by Crippen LogP contribution is 2.23. The molecule has 0 aliphatic heterocycles. The average molecular weight is 519 g/mol. The zero-order valence-corrected chi connectivity index (χ0v) is 21.9. The lowest BCUT2D eigenvalue weighted by Crippen LogP contribution is -2.54. The molecule has 0 unspecified atom stereocenters.